The Morgan fingerprint density at radius 3 is 2.60 bits per heavy atom. The second-order valence-corrected chi connectivity index (χ2v) is 6.98. The van der Waals surface area contributed by atoms with Crippen molar-refractivity contribution < 1.29 is 0 Å². The molecule has 2 aromatic heterocycles. The number of para-hydroxylation sites is 1. The molecule has 0 aliphatic carbocycles. The molecule has 124 valence electrons. The topological polar surface area (TPSA) is 43.6 Å². The number of aromatic nitrogens is 4. The van der Waals surface area contributed by atoms with Gasteiger partial charge in [-0.2, -0.15) is 5.10 Å². The lowest BCUT2D eigenvalue weighted by Crippen LogP contribution is -1.97. The highest BCUT2D eigenvalue weighted by Crippen LogP contribution is 2.28. The van der Waals surface area contributed by atoms with Crippen molar-refractivity contribution in [1.29, 1.82) is 0 Å². The number of rotatable bonds is 4. The predicted octanol–water partition coefficient (Wildman–Crippen LogP) is 4.72. The van der Waals surface area contributed by atoms with E-state index in [1.54, 1.807) is 18.1 Å². The minimum Gasteiger partial charge on any atom is -0.229 e. The molecule has 0 spiro atoms. The molecule has 2 aromatic carbocycles. The van der Waals surface area contributed by atoms with E-state index in [0.717, 1.165) is 27.5 Å². The molecule has 0 saturated heterocycles. The molecule has 2 heterocycles. The van der Waals surface area contributed by atoms with Gasteiger partial charge in [0.25, 0.3) is 0 Å². The molecule has 5 heteroatoms. The standard InChI is InChI=1S/C20H18N4S/c1-14-8-9-16(10-15(14)2)12-25-20-18-11-23-24(19(18)21-13-22-20)17-6-4-3-5-7-17/h3-11,13H,12H2,1-2H3. The molecular weight excluding hydrogens is 328 g/mol. The summed E-state index contributed by atoms with van der Waals surface area (Å²) in [6, 6.07) is 16.6. The van der Waals surface area contributed by atoms with Crippen LogP contribution in [0.4, 0.5) is 0 Å². The molecule has 0 fully saturated rings. The Hall–Kier alpha value is -2.66. The van der Waals surface area contributed by atoms with Crippen molar-refractivity contribution >= 4 is 22.8 Å². The molecular formula is C20H18N4S. The van der Waals surface area contributed by atoms with Crippen molar-refractivity contribution in [3.63, 3.8) is 0 Å². The maximum Gasteiger partial charge on any atom is 0.167 e. The van der Waals surface area contributed by atoms with Crippen molar-refractivity contribution in [3.05, 3.63) is 77.7 Å². The molecule has 4 aromatic rings. The maximum atomic E-state index is 4.51. The van der Waals surface area contributed by atoms with Crippen LogP contribution in [0.1, 0.15) is 16.7 Å². The monoisotopic (exact) mass is 346 g/mol. The Balaban J connectivity index is 1.64. The van der Waals surface area contributed by atoms with Crippen molar-refractivity contribution in [2.45, 2.75) is 24.6 Å². The van der Waals surface area contributed by atoms with Gasteiger partial charge in [0.2, 0.25) is 0 Å². The molecule has 0 radical (unpaired) electrons. The summed E-state index contributed by atoms with van der Waals surface area (Å²) in [7, 11) is 0. The van der Waals surface area contributed by atoms with E-state index in [4.69, 9.17) is 0 Å². The molecule has 0 aliphatic rings. The number of aryl methyl sites for hydroxylation is 2. The molecule has 0 N–H and O–H groups in total. The quantitative estimate of drug-likeness (QED) is 0.396. The smallest absolute Gasteiger partial charge is 0.167 e. The SMILES string of the molecule is Cc1ccc(CSc2ncnc3c2cnn3-c2ccccc2)cc1C. The third-order valence-electron chi connectivity index (χ3n) is 4.28. The summed E-state index contributed by atoms with van der Waals surface area (Å²) in [4.78, 5) is 8.90. The minimum atomic E-state index is 0.837. The van der Waals surface area contributed by atoms with Crippen LogP contribution in [0.2, 0.25) is 0 Å². The van der Waals surface area contributed by atoms with E-state index in [2.05, 4.69) is 47.1 Å². The molecule has 0 atom stereocenters. The fraction of sp³-hybridized carbons (Fsp3) is 0.150. The summed E-state index contributed by atoms with van der Waals surface area (Å²) >= 11 is 1.72. The van der Waals surface area contributed by atoms with E-state index in [9.17, 15) is 0 Å². The molecule has 0 amide bonds. The highest BCUT2D eigenvalue weighted by atomic mass is 32.2. The molecule has 0 aliphatic heterocycles. The van der Waals surface area contributed by atoms with E-state index >= 15 is 0 Å². The molecule has 0 saturated carbocycles. The Kier molecular flexibility index (Phi) is 4.24. The average molecular weight is 346 g/mol. The highest BCUT2D eigenvalue weighted by molar-refractivity contribution is 7.98. The molecule has 4 nitrogen and oxygen atoms in total. The first-order chi connectivity index (χ1) is 12.2. The van der Waals surface area contributed by atoms with Crippen LogP contribution in [0.15, 0.2) is 66.1 Å². The largest absolute Gasteiger partial charge is 0.229 e. The van der Waals surface area contributed by atoms with Crippen LogP contribution in [0.3, 0.4) is 0 Å². The third kappa shape index (κ3) is 3.15. The van der Waals surface area contributed by atoms with E-state index in [1.807, 2.05) is 41.2 Å². The zero-order chi connectivity index (χ0) is 17.2. The van der Waals surface area contributed by atoms with Crippen molar-refractivity contribution in [1.82, 2.24) is 19.7 Å². The zero-order valence-corrected chi connectivity index (χ0v) is 15.0. The minimum absolute atomic E-state index is 0.837. The van der Waals surface area contributed by atoms with Gasteiger partial charge in [0, 0.05) is 5.75 Å². The summed E-state index contributed by atoms with van der Waals surface area (Å²) in [5, 5.41) is 6.46. The van der Waals surface area contributed by atoms with Gasteiger partial charge in [-0.25, -0.2) is 14.6 Å². The van der Waals surface area contributed by atoms with Gasteiger partial charge in [-0.3, -0.25) is 0 Å². The lowest BCUT2D eigenvalue weighted by atomic mass is 10.1. The van der Waals surface area contributed by atoms with Crippen LogP contribution in [0.25, 0.3) is 16.7 Å². The van der Waals surface area contributed by atoms with Crippen LogP contribution >= 0.6 is 11.8 Å². The van der Waals surface area contributed by atoms with Crippen LogP contribution in [-0.4, -0.2) is 19.7 Å². The van der Waals surface area contributed by atoms with Crippen molar-refractivity contribution in [3.8, 4) is 5.69 Å². The van der Waals surface area contributed by atoms with E-state index in [-0.39, 0.29) is 0 Å². The van der Waals surface area contributed by atoms with Gasteiger partial charge in [-0.05, 0) is 42.7 Å². The van der Waals surface area contributed by atoms with Crippen LogP contribution in [0, 0.1) is 13.8 Å². The number of fused-ring (bicyclic) bond motifs is 1. The Labute approximate surface area is 150 Å². The summed E-state index contributed by atoms with van der Waals surface area (Å²) < 4.78 is 1.86. The lowest BCUT2D eigenvalue weighted by Gasteiger charge is -2.06. The van der Waals surface area contributed by atoms with E-state index in [1.165, 1.54) is 16.7 Å². The third-order valence-corrected chi connectivity index (χ3v) is 5.35. The number of hydrogen-bond acceptors (Lipinski definition) is 4. The first-order valence-corrected chi connectivity index (χ1v) is 9.14. The molecule has 0 bridgehead atoms. The normalized spacial score (nSPS) is 11.1. The molecule has 0 unspecified atom stereocenters. The van der Waals surface area contributed by atoms with Gasteiger partial charge in [0.15, 0.2) is 5.65 Å². The van der Waals surface area contributed by atoms with E-state index in [0.29, 0.717) is 0 Å². The number of hydrogen-bond donors (Lipinski definition) is 0. The fourth-order valence-electron chi connectivity index (χ4n) is 2.74. The Bertz CT molecular complexity index is 1020. The second kappa shape index (κ2) is 6.69. The lowest BCUT2D eigenvalue weighted by molar-refractivity contribution is 0.893. The number of thioether (sulfide) groups is 1. The Morgan fingerprint density at radius 1 is 0.960 bits per heavy atom. The van der Waals surface area contributed by atoms with Gasteiger partial charge < -0.3 is 0 Å². The van der Waals surface area contributed by atoms with Crippen molar-refractivity contribution in [2.24, 2.45) is 0 Å². The molecule has 25 heavy (non-hydrogen) atoms. The van der Waals surface area contributed by atoms with Crippen LogP contribution in [0.5, 0.6) is 0 Å². The summed E-state index contributed by atoms with van der Waals surface area (Å²) in [6.45, 7) is 4.29. The summed E-state index contributed by atoms with van der Waals surface area (Å²) in [5.74, 6) is 0.879. The van der Waals surface area contributed by atoms with Gasteiger partial charge in [0.05, 0.1) is 17.3 Å². The second-order valence-electron chi connectivity index (χ2n) is 6.02. The van der Waals surface area contributed by atoms with Gasteiger partial charge in [-0.1, -0.05) is 36.4 Å². The first kappa shape index (κ1) is 15.8. The van der Waals surface area contributed by atoms with Gasteiger partial charge in [0.1, 0.15) is 11.4 Å². The summed E-state index contributed by atoms with van der Waals surface area (Å²) in [6.07, 6.45) is 3.47. The van der Waals surface area contributed by atoms with Crippen LogP contribution < -0.4 is 0 Å². The number of benzene rings is 2. The van der Waals surface area contributed by atoms with Gasteiger partial charge in [-0.15, -0.1) is 11.8 Å². The van der Waals surface area contributed by atoms with E-state index < -0.39 is 0 Å². The summed E-state index contributed by atoms with van der Waals surface area (Å²) in [5.41, 5.74) is 5.78. The zero-order valence-electron chi connectivity index (χ0n) is 14.2. The maximum absolute atomic E-state index is 4.51. The predicted molar refractivity (Wildman–Crippen MR) is 102 cm³/mol. The number of nitrogens with zero attached hydrogens (tertiary/aromatic N) is 4. The molecule has 4 rings (SSSR count). The highest BCUT2D eigenvalue weighted by Gasteiger charge is 2.11. The average Bonchev–Trinajstić information content (AvgIpc) is 3.08. The van der Waals surface area contributed by atoms with Crippen LogP contribution in [-0.2, 0) is 5.75 Å². The van der Waals surface area contributed by atoms with Gasteiger partial charge >= 0.3 is 0 Å². The fourth-order valence-corrected chi connectivity index (χ4v) is 3.64. The Morgan fingerprint density at radius 2 is 1.80 bits per heavy atom. The van der Waals surface area contributed by atoms with Crippen molar-refractivity contribution in [2.75, 3.05) is 0 Å². The first-order valence-electron chi connectivity index (χ1n) is 8.15.